The fourth-order valence-electron chi connectivity index (χ4n) is 3.38. The highest BCUT2D eigenvalue weighted by Gasteiger charge is 2.22. The molecule has 1 aliphatic heterocycles. The molecule has 0 atom stereocenters. The zero-order valence-electron chi connectivity index (χ0n) is 16.6. The lowest BCUT2D eigenvalue weighted by molar-refractivity contribution is 0.169. The third-order valence-corrected chi connectivity index (χ3v) is 6.65. The summed E-state index contributed by atoms with van der Waals surface area (Å²) in [6.45, 7) is 7.88. The molecule has 3 rings (SSSR count). The van der Waals surface area contributed by atoms with Crippen LogP contribution < -0.4 is 10.0 Å². The normalized spacial score (nSPS) is 19.6. The average Bonchev–Trinajstić information content (AvgIpc) is 3.13. The molecule has 10 heteroatoms. The molecule has 0 amide bonds. The maximum absolute atomic E-state index is 12.2. The first-order valence-corrected chi connectivity index (χ1v) is 11.8. The number of aliphatic imine (C=N–C) groups is 1. The lowest BCUT2D eigenvalue weighted by Crippen LogP contribution is -2.52. The van der Waals surface area contributed by atoms with Gasteiger partial charge in [-0.05, 0) is 25.7 Å². The van der Waals surface area contributed by atoms with E-state index in [1.165, 1.54) is 6.42 Å². The van der Waals surface area contributed by atoms with Crippen molar-refractivity contribution < 1.29 is 12.9 Å². The minimum Gasteiger partial charge on any atom is -0.364 e. The average molecular weight is 413 g/mol. The summed E-state index contributed by atoms with van der Waals surface area (Å²) in [6, 6.07) is 1.89. The van der Waals surface area contributed by atoms with Crippen molar-refractivity contribution in [2.75, 3.05) is 51.6 Å². The first-order valence-electron chi connectivity index (χ1n) is 10.2. The lowest BCUT2D eigenvalue weighted by atomic mass is 9.86. The quantitative estimate of drug-likeness (QED) is 0.449. The molecule has 9 nitrogen and oxygen atoms in total. The summed E-state index contributed by atoms with van der Waals surface area (Å²) in [6.07, 6.45) is 5.08. The second kappa shape index (κ2) is 10.2. The van der Waals surface area contributed by atoms with Crippen LogP contribution in [0.3, 0.4) is 0 Å². The summed E-state index contributed by atoms with van der Waals surface area (Å²) < 4.78 is 31.9. The fourth-order valence-corrected chi connectivity index (χ4v) is 4.34. The van der Waals surface area contributed by atoms with Gasteiger partial charge in [0.15, 0.2) is 5.96 Å². The lowest BCUT2D eigenvalue weighted by Gasteiger charge is -2.36. The molecule has 0 spiro atoms. The van der Waals surface area contributed by atoms with Crippen LogP contribution >= 0.6 is 0 Å². The molecule has 1 aromatic heterocycles. The molecule has 0 aromatic carbocycles. The summed E-state index contributed by atoms with van der Waals surface area (Å²) >= 11 is 0. The Morgan fingerprint density at radius 2 is 2.11 bits per heavy atom. The fraction of sp³-hybridized carbons (Fsp3) is 0.778. The van der Waals surface area contributed by atoms with E-state index in [0.717, 1.165) is 63.8 Å². The Morgan fingerprint density at radius 1 is 1.32 bits per heavy atom. The van der Waals surface area contributed by atoms with Gasteiger partial charge in [-0.25, -0.2) is 13.1 Å². The smallest absolute Gasteiger partial charge is 0.213 e. The van der Waals surface area contributed by atoms with E-state index in [-0.39, 0.29) is 12.3 Å². The van der Waals surface area contributed by atoms with Crippen LogP contribution in [0.25, 0.3) is 0 Å². The summed E-state index contributed by atoms with van der Waals surface area (Å²) in [4.78, 5) is 9.07. The Hall–Kier alpha value is -1.65. The molecule has 2 N–H and O–H groups in total. The van der Waals surface area contributed by atoms with Crippen molar-refractivity contribution in [3.63, 3.8) is 0 Å². The number of nitrogens with one attached hydrogen (secondary N) is 2. The minimum atomic E-state index is -3.26. The van der Waals surface area contributed by atoms with E-state index in [0.29, 0.717) is 12.5 Å². The van der Waals surface area contributed by atoms with Gasteiger partial charge in [0, 0.05) is 51.9 Å². The number of guanidine groups is 1. The third-order valence-electron chi connectivity index (χ3n) is 5.32. The highest BCUT2D eigenvalue weighted by molar-refractivity contribution is 7.89. The molecule has 28 heavy (non-hydrogen) atoms. The minimum absolute atomic E-state index is 0.0285. The zero-order valence-corrected chi connectivity index (χ0v) is 17.5. The van der Waals surface area contributed by atoms with Crippen LogP contribution in [0, 0.1) is 5.92 Å². The van der Waals surface area contributed by atoms with E-state index in [1.54, 1.807) is 6.26 Å². The maximum atomic E-state index is 12.2. The Kier molecular flexibility index (Phi) is 7.69. The molecule has 0 unspecified atom stereocenters. The van der Waals surface area contributed by atoms with Crippen LogP contribution in [0.4, 0.5) is 0 Å². The number of piperazine rings is 1. The van der Waals surface area contributed by atoms with Gasteiger partial charge in [0.1, 0.15) is 6.26 Å². The van der Waals surface area contributed by atoms with E-state index >= 15 is 0 Å². The molecule has 1 saturated carbocycles. The van der Waals surface area contributed by atoms with Gasteiger partial charge < -0.3 is 14.7 Å². The molecule has 2 aliphatic rings. The Balaban J connectivity index is 1.44. The largest absolute Gasteiger partial charge is 0.364 e. The summed E-state index contributed by atoms with van der Waals surface area (Å²) in [7, 11) is -3.26. The molecular weight excluding hydrogens is 380 g/mol. The van der Waals surface area contributed by atoms with Gasteiger partial charge in [0.2, 0.25) is 10.0 Å². The predicted octanol–water partition coefficient (Wildman–Crippen LogP) is 0.477. The molecule has 1 aliphatic carbocycles. The van der Waals surface area contributed by atoms with Crippen molar-refractivity contribution >= 4 is 16.0 Å². The monoisotopic (exact) mass is 412 g/mol. The van der Waals surface area contributed by atoms with E-state index in [1.807, 2.05) is 13.0 Å². The Labute approximate surface area is 167 Å². The van der Waals surface area contributed by atoms with Gasteiger partial charge in [-0.2, -0.15) is 0 Å². The van der Waals surface area contributed by atoms with Crippen molar-refractivity contribution in [3.8, 4) is 0 Å². The number of hydrogen-bond acceptors (Lipinski definition) is 6. The van der Waals surface area contributed by atoms with Crippen LogP contribution in [0.5, 0.6) is 0 Å². The van der Waals surface area contributed by atoms with Crippen LogP contribution in [-0.2, 0) is 16.6 Å². The highest BCUT2D eigenvalue weighted by atomic mass is 32.2. The van der Waals surface area contributed by atoms with Crippen molar-refractivity contribution in [3.05, 3.63) is 18.0 Å². The van der Waals surface area contributed by atoms with Gasteiger partial charge >= 0.3 is 0 Å². The molecular formula is C18H32N6O3S. The number of sulfonamides is 1. The summed E-state index contributed by atoms with van der Waals surface area (Å²) in [5, 5.41) is 7.25. The van der Waals surface area contributed by atoms with Gasteiger partial charge in [0.05, 0.1) is 18.0 Å². The van der Waals surface area contributed by atoms with E-state index in [2.05, 4.69) is 30.0 Å². The predicted molar refractivity (Wildman–Crippen MR) is 108 cm³/mol. The highest BCUT2D eigenvalue weighted by Crippen LogP contribution is 2.25. The second-order valence-corrected chi connectivity index (χ2v) is 9.38. The van der Waals surface area contributed by atoms with Crippen molar-refractivity contribution in [1.29, 1.82) is 0 Å². The molecule has 158 valence electrons. The van der Waals surface area contributed by atoms with Crippen molar-refractivity contribution in [1.82, 2.24) is 25.0 Å². The SMILES string of the molecule is CCNC(=NCCS(=O)(=O)NCC1CCC1)N1CCN(Cc2ccon2)CC1. The van der Waals surface area contributed by atoms with Gasteiger partial charge in [-0.1, -0.05) is 11.6 Å². The Morgan fingerprint density at radius 3 is 2.71 bits per heavy atom. The zero-order chi connectivity index (χ0) is 19.8. The molecule has 2 heterocycles. The summed E-state index contributed by atoms with van der Waals surface area (Å²) in [5.74, 6) is 1.34. The summed E-state index contributed by atoms with van der Waals surface area (Å²) in [5.41, 5.74) is 0.939. The van der Waals surface area contributed by atoms with Gasteiger partial charge in [-0.3, -0.25) is 9.89 Å². The molecule has 0 bridgehead atoms. The first kappa shape index (κ1) is 21.1. The Bertz CT molecular complexity index is 710. The number of aromatic nitrogens is 1. The van der Waals surface area contributed by atoms with Gasteiger partial charge in [-0.15, -0.1) is 0 Å². The van der Waals surface area contributed by atoms with Crippen molar-refractivity contribution in [2.45, 2.75) is 32.7 Å². The molecule has 2 fully saturated rings. The number of hydrogen-bond donors (Lipinski definition) is 2. The third kappa shape index (κ3) is 6.46. The molecule has 1 aromatic rings. The topological polar surface area (TPSA) is 103 Å². The van der Waals surface area contributed by atoms with E-state index in [4.69, 9.17) is 4.52 Å². The van der Waals surface area contributed by atoms with E-state index in [9.17, 15) is 8.42 Å². The van der Waals surface area contributed by atoms with Crippen LogP contribution in [0.1, 0.15) is 31.9 Å². The van der Waals surface area contributed by atoms with Crippen LogP contribution in [0.15, 0.2) is 21.8 Å². The molecule has 0 radical (unpaired) electrons. The van der Waals surface area contributed by atoms with Crippen LogP contribution in [-0.4, -0.2) is 80.9 Å². The van der Waals surface area contributed by atoms with E-state index < -0.39 is 10.0 Å². The maximum Gasteiger partial charge on any atom is 0.213 e. The molecule has 1 saturated heterocycles. The number of rotatable bonds is 9. The van der Waals surface area contributed by atoms with Gasteiger partial charge in [0.25, 0.3) is 0 Å². The van der Waals surface area contributed by atoms with Crippen molar-refractivity contribution in [2.24, 2.45) is 10.9 Å². The second-order valence-electron chi connectivity index (χ2n) is 7.45. The first-order chi connectivity index (χ1) is 13.6. The standard InChI is InChI=1S/C18H32N6O3S/c1-2-19-18(20-7-13-28(25,26)21-14-16-4-3-5-16)24-10-8-23(9-11-24)15-17-6-12-27-22-17/h6,12,16,21H,2-5,7-11,13-15H2,1H3,(H,19,20). The number of nitrogens with zero attached hydrogens (tertiary/aromatic N) is 4. The van der Waals surface area contributed by atoms with Crippen LogP contribution in [0.2, 0.25) is 0 Å².